The van der Waals surface area contributed by atoms with Gasteiger partial charge in [0.25, 0.3) is 0 Å². The van der Waals surface area contributed by atoms with Crippen LogP contribution in [0.3, 0.4) is 0 Å². The van der Waals surface area contributed by atoms with Gasteiger partial charge in [-0.25, -0.2) is 8.78 Å². The highest BCUT2D eigenvalue weighted by molar-refractivity contribution is 6.30. The first kappa shape index (κ1) is 16.7. The molecule has 2 N–H and O–H groups in total. The molecule has 0 spiro atoms. The minimum absolute atomic E-state index is 0.0631. The van der Waals surface area contributed by atoms with E-state index in [2.05, 4.69) is 10.4 Å². The maximum atomic E-state index is 13.3. The van der Waals surface area contributed by atoms with Crippen LogP contribution in [-0.4, -0.2) is 58.0 Å². The fourth-order valence-corrected chi connectivity index (χ4v) is 3.99. The summed E-state index contributed by atoms with van der Waals surface area (Å²) >= 11 is 5.91. The minimum Gasteiger partial charge on any atom is -0.389 e. The molecule has 4 rings (SSSR count). The van der Waals surface area contributed by atoms with Crippen LogP contribution < -0.4 is 5.32 Å². The Morgan fingerprint density at radius 1 is 1.38 bits per heavy atom. The summed E-state index contributed by atoms with van der Waals surface area (Å²) in [4.78, 5) is 0. The molecule has 3 heterocycles. The molecule has 6 nitrogen and oxygen atoms in total. The lowest BCUT2D eigenvalue weighted by Crippen LogP contribution is -2.60. The van der Waals surface area contributed by atoms with Crippen LogP contribution in [0.1, 0.15) is 31.7 Å². The second-order valence-corrected chi connectivity index (χ2v) is 7.26. The number of hydrogen-bond donors (Lipinski definition) is 2. The van der Waals surface area contributed by atoms with Crippen molar-refractivity contribution in [2.24, 2.45) is 0 Å². The van der Waals surface area contributed by atoms with Crippen LogP contribution in [0.5, 0.6) is 0 Å². The molecule has 1 aliphatic carbocycles. The maximum Gasteiger partial charge on any atom is 0.248 e. The van der Waals surface area contributed by atoms with E-state index in [1.165, 1.54) is 6.20 Å². The van der Waals surface area contributed by atoms with Crippen molar-refractivity contribution in [1.82, 2.24) is 15.1 Å². The summed E-state index contributed by atoms with van der Waals surface area (Å²) in [7, 11) is 0. The van der Waals surface area contributed by atoms with E-state index in [4.69, 9.17) is 21.1 Å². The van der Waals surface area contributed by atoms with Gasteiger partial charge < -0.3 is 19.9 Å². The SMILES string of the molecule is O[C@H]1[C@H](NC2CCC(F)(F)CC2)[C@H]2CO[C@H](O2)[C@@H]1n1cc(Cl)cn1. The molecule has 24 heavy (non-hydrogen) atoms. The monoisotopic (exact) mass is 363 g/mol. The van der Waals surface area contributed by atoms with Gasteiger partial charge in [-0.05, 0) is 12.8 Å². The quantitative estimate of drug-likeness (QED) is 0.856. The van der Waals surface area contributed by atoms with Crippen molar-refractivity contribution in [2.75, 3.05) is 6.61 Å². The number of aromatic nitrogens is 2. The van der Waals surface area contributed by atoms with E-state index in [1.54, 1.807) is 10.9 Å². The average molecular weight is 364 g/mol. The van der Waals surface area contributed by atoms with Gasteiger partial charge >= 0.3 is 0 Å². The molecule has 0 aromatic carbocycles. The normalized spacial score (nSPS) is 39.2. The molecule has 5 atom stereocenters. The van der Waals surface area contributed by atoms with E-state index in [0.29, 0.717) is 24.5 Å². The molecule has 1 aromatic heterocycles. The van der Waals surface area contributed by atoms with E-state index in [1.807, 2.05) is 0 Å². The molecule has 1 saturated carbocycles. The molecule has 1 aromatic rings. The number of hydrogen-bond acceptors (Lipinski definition) is 5. The van der Waals surface area contributed by atoms with Crippen LogP contribution in [0.2, 0.25) is 5.02 Å². The van der Waals surface area contributed by atoms with Crippen molar-refractivity contribution in [3.05, 3.63) is 17.4 Å². The number of alkyl halides is 2. The van der Waals surface area contributed by atoms with Gasteiger partial charge in [0.1, 0.15) is 12.1 Å². The topological polar surface area (TPSA) is 68.5 Å². The number of fused-ring (bicyclic) bond motifs is 2. The molecule has 3 aliphatic rings. The van der Waals surface area contributed by atoms with Gasteiger partial charge in [0, 0.05) is 25.1 Å². The van der Waals surface area contributed by atoms with Crippen molar-refractivity contribution in [2.45, 2.75) is 68.2 Å². The number of aliphatic hydroxyl groups excluding tert-OH is 1. The summed E-state index contributed by atoms with van der Waals surface area (Å²) in [5, 5.41) is 18.8. The van der Waals surface area contributed by atoms with Gasteiger partial charge in [0.15, 0.2) is 6.29 Å². The Morgan fingerprint density at radius 3 is 2.79 bits per heavy atom. The van der Waals surface area contributed by atoms with Crippen LogP contribution in [0.4, 0.5) is 8.78 Å². The summed E-state index contributed by atoms with van der Waals surface area (Å²) in [5.41, 5.74) is 0. The van der Waals surface area contributed by atoms with Crippen molar-refractivity contribution in [1.29, 1.82) is 0 Å². The Kier molecular flexibility index (Phi) is 4.29. The molecule has 2 saturated heterocycles. The zero-order valence-corrected chi connectivity index (χ0v) is 13.7. The highest BCUT2D eigenvalue weighted by atomic mass is 35.5. The summed E-state index contributed by atoms with van der Waals surface area (Å²) in [5.74, 6) is -2.57. The van der Waals surface area contributed by atoms with Gasteiger partial charge in [-0.1, -0.05) is 11.6 Å². The van der Waals surface area contributed by atoms with Crippen molar-refractivity contribution < 1.29 is 23.4 Å². The summed E-state index contributed by atoms with van der Waals surface area (Å²) in [6.45, 7) is 0.355. The lowest BCUT2D eigenvalue weighted by molar-refractivity contribution is -0.170. The number of nitrogens with zero attached hydrogens (tertiary/aromatic N) is 2. The van der Waals surface area contributed by atoms with Crippen molar-refractivity contribution in [3.63, 3.8) is 0 Å². The largest absolute Gasteiger partial charge is 0.389 e. The fourth-order valence-electron chi connectivity index (χ4n) is 3.85. The third-order valence-corrected chi connectivity index (χ3v) is 5.35. The number of ether oxygens (including phenoxy) is 2. The molecule has 0 unspecified atom stereocenters. The van der Waals surface area contributed by atoms with Gasteiger partial charge in [0.2, 0.25) is 5.92 Å². The maximum absolute atomic E-state index is 13.3. The number of halogens is 3. The molecule has 9 heteroatoms. The first-order valence-corrected chi connectivity index (χ1v) is 8.59. The highest BCUT2D eigenvalue weighted by Gasteiger charge is 2.52. The average Bonchev–Trinajstić information content (AvgIpc) is 3.14. The lowest BCUT2D eigenvalue weighted by atomic mass is 9.89. The van der Waals surface area contributed by atoms with Crippen LogP contribution in [0.25, 0.3) is 0 Å². The molecule has 3 fully saturated rings. The second-order valence-electron chi connectivity index (χ2n) is 6.82. The predicted molar refractivity (Wildman–Crippen MR) is 81.0 cm³/mol. The molecule has 134 valence electrons. The predicted octanol–water partition coefficient (Wildman–Crippen LogP) is 1.73. The van der Waals surface area contributed by atoms with Crippen LogP contribution in [-0.2, 0) is 9.47 Å². The molecular weight excluding hydrogens is 344 g/mol. The van der Waals surface area contributed by atoms with Crippen molar-refractivity contribution >= 4 is 11.6 Å². The third-order valence-electron chi connectivity index (χ3n) is 5.15. The zero-order valence-electron chi connectivity index (χ0n) is 12.9. The first-order valence-electron chi connectivity index (χ1n) is 8.22. The minimum atomic E-state index is -2.57. The standard InChI is InChI=1S/C15H20ClF2N3O3/c16-8-5-19-21(6-8)12-13(22)11(10-7-23-14(12)24-10)20-9-1-3-15(17,18)4-2-9/h5-6,9-14,20,22H,1-4,7H2/t10-,11-,12-,13+,14-/m1/s1. The Labute approximate surface area is 143 Å². The smallest absolute Gasteiger partial charge is 0.248 e. The van der Waals surface area contributed by atoms with Crippen molar-refractivity contribution in [3.8, 4) is 0 Å². The Balaban J connectivity index is 1.48. The number of aliphatic hydroxyl groups is 1. The molecule has 2 aliphatic heterocycles. The van der Waals surface area contributed by atoms with E-state index in [-0.39, 0.29) is 25.0 Å². The van der Waals surface area contributed by atoms with E-state index < -0.39 is 30.4 Å². The number of rotatable bonds is 3. The van der Waals surface area contributed by atoms with Gasteiger partial charge in [0.05, 0.1) is 30.0 Å². The lowest BCUT2D eigenvalue weighted by Gasteiger charge is -2.41. The fraction of sp³-hybridized carbons (Fsp3) is 0.800. The van der Waals surface area contributed by atoms with Crippen LogP contribution in [0, 0.1) is 0 Å². The Morgan fingerprint density at radius 2 is 2.12 bits per heavy atom. The van der Waals surface area contributed by atoms with Gasteiger partial charge in [-0.15, -0.1) is 0 Å². The van der Waals surface area contributed by atoms with Gasteiger partial charge in [-0.2, -0.15) is 5.10 Å². The third kappa shape index (κ3) is 3.06. The van der Waals surface area contributed by atoms with Gasteiger partial charge in [-0.3, -0.25) is 4.68 Å². The highest BCUT2D eigenvalue weighted by Crippen LogP contribution is 2.38. The molecule has 0 amide bonds. The number of nitrogens with one attached hydrogen (secondary N) is 1. The van der Waals surface area contributed by atoms with Crippen LogP contribution in [0.15, 0.2) is 12.4 Å². The summed E-state index contributed by atoms with van der Waals surface area (Å²) in [6, 6.07) is -0.987. The van der Waals surface area contributed by atoms with E-state index >= 15 is 0 Å². The van der Waals surface area contributed by atoms with Crippen LogP contribution >= 0.6 is 11.6 Å². The Bertz CT molecular complexity index is 592. The first-order chi connectivity index (χ1) is 11.4. The van der Waals surface area contributed by atoms with E-state index in [9.17, 15) is 13.9 Å². The molecule has 2 bridgehead atoms. The summed E-state index contributed by atoms with van der Waals surface area (Å²) < 4.78 is 39.7. The molecular formula is C15H20ClF2N3O3. The summed E-state index contributed by atoms with van der Waals surface area (Å²) in [6.07, 6.45) is 1.91. The molecule has 0 radical (unpaired) electrons. The zero-order chi connectivity index (χ0) is 16.9. The van der Waals surface area contributed by atoms with E-state index in [0.717, 1.165) is 0 Å². The Hall–Kier alpha value is -0.800. The second kappa shape index (κ2) is 6.17.